The van der Waals surface area contributed by atoms with E-state index in [1.807, 2.05) is 0 Å². The Morgan fingerprint density at radius 1 is 0.233 bits per heavy atom. The van der Waals surface area contributed by atoms with Gasteiger partial charge in [-0.25, -0.2) is 28.2 Å². The van der Waals surface area contributed by atoms with Crippen molar-refractivity contribution in [1.29, 1.82) is 0 Å². The van der Waals surface area contributed by atoms with Gasteiger partial charge in [0.2, 0.25) is 0 Å². The Morgan fingerprint density at radius 2 is 0.492 bits per heavy atom. The number of hydrogen-bond acceptors (Lipinski definition) is 6. The summed E-state index contributed by atoms with van der Waals surface area (Å²) in [6.07, 6.45) is 33.9. The zero-order valence-corrected chi connectivity index (χ0v) is 68.3. The molecule has 594 valence electrons. The van der Waals surface area contributed by atoms with Gasteiger partial charge < -0.3 is 28.9 Å². The minimum atomic E-state index is 0.563. The first-order valence-electron chi connectivity index (χ1n) is 43.6. The Morgan fingerprint density at radius 3 is 0.783 bits per heavy atom. The lowest BCUT2D eigenvalue weighted by Crippen LogP contribution is -2.32. The van der Waals surface area contributed by atoms with E-state index < -0.39 is 0 Å². The molecule has 17 aromatic rings. The number of rotatable bonds is 34. The minimum absolute atomic E-state index is 0.563. The number of aryl methyl sites for hydroxylation is 4. The molecule has 0 fully saturated rings. The summed E-state index contributed by atoms with van der Waals surface area (Å²) in [6, 6.07) is 96.9. The molecular weight excluding hydrogens is 1470 g/mol. The van der Waals surface area contributed by atoms with E-state index in [4.69, 9.17) is 28.9 Å². The summed E-state index contributed by atoms with van der Waals surface area (Å²) in [6.45, 7) is 6.21. The highest BCUT2D eigenvalue weighted by Crippen LogP contribution is 2.51. The van der Waals surface area contributed by atoms with Crippen molar-refractivity contribution in [3.63, 3.8) is 0 Å². The maximum absolute atomic E-state index is 7.05. The van der Waals surface area contributed by atoms with E-state index in [0.717, 1.165) is 306 Å². The molecule has 7 aromatic heterocycles. The third-order valence-electron chi connectivity index (χ3n) is 24.0. The maximum Gasteiger partial charge on any atom is 0.168 e. The summed E-state index contributed by atoms with van der Waals surface area (Å²) < 4.78 is 37.3. The molecule has 12 nitrogen and oxygen atoms in total. The molecule has 2 aliphatic rings. The van der Waals surface area contributed by atoms with Gasteiger partial charge in [0.05, 0.1) is 60.2 Å². The number of nitrogens with zero attached hydrogens (tertiary/aromatic N) is 6. The standard InChI is InChI=1S/C108H102N8O4/c1(21-45-113-49-25-9-26-50-113)5-33-57-117-87-61-85(62-88(73-87)118-58-34-6-2-22-46-114-51-27-10-28-52-114)103-105-95-69-81-41-17-13-37-77(81)65-91(95)99(109-105)75-101-93-67-79-39-15-19-43-83(79)71-97(93)107(111-101)104(108-98-72-84-44-20-16-40-80(84)68-94(98)102(112-108)76-100-92-66-78-38-14-18-42-82(78)70-96(92)106(103)110-100)86-63-89(119-59-35-7-3-23-47-115-53-29-11-30-54-115)74-90(64-86)120-60-36-8-4-24-48-116-55-31-12-32-56-116/h9-20,25-32,37-44,49-56,61-76,109,112H,1-8,21-24,33-36,45-48,57-60H2/q+4. The van der Waals surface area contributed by atoms with Crippen LogP contribution in [0.4, 0.5) is 0 Å². The number of fused-ring (bicyclic) bond motifs is 24. The van der Waals surface area contributed by atoms with Crippen LogP contribution in [0.15, 0.2) is 316 Å². The molecule has 19 rings (SSSR count). The van der Waals surface area contributed by atoms with Gasteiger partial charge in [-0.05, 0) is 216 Å². The number of H-pyrrole nitrogens is 2. The fourth-order valence-electron chi connectivity index (χ4n) is 17.8. The molecule has 0 atom stereocenters. The first-order valence-corrected chi connectivity index (χ1v) is 43.6. The molecule has 0 saturated carbocycles. The second kappa shape index (κ2) is 36.3. The minimum Gasteiger partial charge on any atom is -0.493 e. The molecule has 2 aliphatic heterocycles. The van der Waals surface area contributed by atoms with E-state index in [1.165, 1.54) is 0 Å². The van der Waals surface area contributed by atoms with E-state index in [1.54, 1.807) is 0 Å². The van der Waals surface area contributed by atoms with E-state index in [2.05, 4.69) is 345 Å². The van der Waals surface area contributed by atoms with Crippen LogP contribution in [0.1, 0.15) is 103 Å². The molecule has 8 bridgehead atoms. The number of aromatic nitrogens is 8. The van der Waals surface area contributed by atoms with E-state index in [9.17, 15) is 0 Å². The summed E-state index contributed by atoms with van der Waals surface area (Å²) in [5.74, 6) is 3.02. The quantitative estimate of drug-likeness (QED) is 0.0307. The lowest BCUT2D eigenvalue weighted by atomic mass is 9.93. The molecule has 0 spiro atoms. The molecule has 0 saturated heterocycles. The van der Waals surface area contributed by atoms with Crippen LogP contribution < -0.4 is 37.2 Å². The van der Waals surface area contributed by atoms with Crippen LogP contribution in [0.25, 0.3) is 154 Å². The van der Waals surface area contributed by atoms with E-state index in [0.29, 0.717) is 26.4 Å². The molecule has 0 unspecified atom stereocenters. The fourth-order valence-corrected chi connectivity index (χ4v) is 17.8. The van der Waals surface area contributed by atoms with Crippen LogP contribution in [0, 0.1) is 0 Å². The van der Waals surface area contributed by atoms with Crippen molar-refractivity contribution < 1.29 is 37.2 Å². The normalized spacial score (nSPS) is 11.8. The van der Waals surface area contributed by atoms with E-state index >= 15 is 0 Å². The van der Waals surface area contributed by atoms with Crippen LogP contribution in [-0.2, 0) is 26.2 Å². The van der Waals surface area contributed by atoms with Gasteiger partial charge in [0.1, 0.15) is 49.2 Å². The van der Waals surface area contributed by atoms with Crippen molar-refractivity contribution >= 4 is 86.7 Å². The molecule has 10 aromatic carbocycles. The molecule has 9 heterocycles. The number of nitrogens with one attached hydrogen (secondary N) is 2. The number of aromatic amines is 2. The van der Waals surface area contributed by atoms with Crippen molar-refractivity contribution in [3.8, 4) is 90.3 Å². The van der Waals surface area contributed by atoms with Crippen molar-refractivity contribution in [2.75, 3.05) is 26.4 Å². The first-order chi connectivity index (χ1) is 59.5. The molecule has 0 radical (unpaired) electrons. The fraction of sp³-hybridized carbons (Fsp3) is 0.222. The Balaban J connectivity index is 0.821. The largest absolute Gasteiger partial charge is 0.493 e. The predicted octanol–water partition coefficient (Wildman–Crippen LogP) is 24.9. The molecule has 0 amide bonds. The van der Waals surface area contributed by atoms with Crippen LogP contribution in [0.3, 0.4) is 0 Å². The molecule has 120 heavy (non-hydrogen) atoms. The number of unbranched alkanes of at least 4 members (excludes halogenated alkanes) is 12. The molecule has 0 aliphatic carbocycles. The average Bonchev–Trinajstić information content (AvgIpc) is 1.56. The van der Waals surface area contributed by atoms with E-state index in [-0.39, 0.29) is 0 Å². The zero-order chi connectivity index (χ0) is 80.2. The van der Waals surface area contributed by atoms with Crippen molar-refractivity contribution in [1.82, 2.24) is 19.9 Å². The predicted molar refractivity (Wildman–Crippen MR) is 488 cm³/mol. The first kappa shape index (κ1) is 76.6. The SMILES string of the molecule is c1cc[n+](CCCCCCOc2cc(OCCCCCC[n+]3ccccc3)cc(-c3c4nc(cc5[nH]c(c(-c6cc(OCCCCCC[n+]7ccccc7)cc(OCCCCCC[n+]7ccccc7)c6)c6nc(cc7[nH]c3c3cc8ccccc8cc73)-c3cc7ccccc7cc3-6)c3cc6ccccc6cc53)-c3cc5ccccc5cc3-4)c2)cc1. The molecule has 12 heteroatoms. The van der Waals surface area contributed by atoms with Gasteiger partial charge in [-0.1, -0.05) is 121 Å². The third-order valence-corrected chi connectivity index (χ3v) is 24.0. The lowest BCUT2D eigenvalue weighted by molar-refractivity contribution is -0.697. The topological polar surface area (TPSA) is 110 Å². The van der Waals surface area contributed by atoms with Crippen molar-refractivity contribution in [3.05, 3.63) is 316 Å². The van der Waals surface area contributed by atoms with Crippen molar-refractivity contribution in [2.45, 2.75) is 129 Å². The Hall–Kier alpha value is -13.3. The Bertz CT molecular complexity index is 6160. The number of pyridine rings is 4. The highest BCUT2D eigenvalue weighted by molar-refractivity contribution is 6.21. The lowest BCUT2D eigenvalue weighted by Gasteiger charge is -2.15. The van der Waals surface area contributed by atoms with Gasteiger partial charge in [0, 0.05) is 152 Å². The van der Waals surface area contributed by atoms with Crippen LogP contribution in [0.5, 0.6) is 23.0 Å². The number of benzene rings is 10. The van der Waals surface area contributed by atoms with Gasteiger partial charge in [0.15, 0.2) is 49.6 Å². The molecular formula is C108H102N8O4+4. The second-order valence-electron chi connectivity index (χ2n) is 32.4. The Labute approximate surface area is 701 Å². The van der Waals surface area contributed by atoms with Crippen LogP contribution in [0.2, 0.25) is 0 Å². The maximum atomic E-state index is 7.05. The van der Waals surface area contributed by atoms with Gasteiger partial charge in [-0.2, -0.15) is 0 Å². The summed E-state index contributed by atoms with van der Waals surface area (Å²) in [5, 5.41) is 13.3. The highest BCUT2D eigenvalue weighted by atomic mass is 16.5. The smallest absolute Gasteiger partial charge is 0.168 e. The van der Waals surface area contributed by atoms with Gasteiger partial charge >= 0.3 is 0 Å². The van der Waals surface area contributed by atoms with Gasteiger partial charge in [-0.15, -0.1) is 0 Å². The zero-order valence-electron chi connectivity index (χ0n) is 68.3. The van der Waals surface area contributed by atoms with Crippen LogP contribution >= 0.6 is 0 Å². The van der Waals surface area contributed by atoms with Gasteiger partial charge in [0.25, 0.3) is 0 Å². The Kier molecular flexibility index (Phi) is 23.2. The summed E-state index contributed by atoms with van der Waals surface area (Å²) >= 11 is 0. The summed E-state index contributed by atoms with van der Waals surface area (Å²) in [7, 11) is 0. The second-order valence-corrected chi connectivity index (χ2v) is 32.4. The van der Waals surface area contributed by atoms with Crippen LogP contribution in [-0.4, -0.2) is 46.4 Å². The summed E-state index contributed by atoms with van der Waals surface area (Å²) in [4.78, 5) is 20.9. The number of ether oxygens (including phenoxy) is 4. The monoisotopic (exact) mass is 1570 g/mol. The third kappa shape index (κ3) is 17.3. The van der Waals surface area contributed by atoms with Crippen molar-refractivity contribution in [2.24, 2.45) is 0 Å². The highest BCUT2D eigenvalue weighted by Gasteiger charge is 2.29. The molecule has 2 N–H and O–H groups in total. The van der Waals surface area contributed by atoms with Gasteiger partial charge in [-0.3, -0.25) is 0 Å². The average molecular weight is 1580 g/mol. The number of hydrogen-bond donors (Lipinski definition) is 2. The summed E-state index contributed by atoms with van der Waals surface area (Å²) in [5.41, 5.74) is 14.9.